The summed E-state index contributed by atoms with van der Waals surface area (Å²) < 4.78 is 0. The van der Waals surface area contributed by atoms with E-state index in [2.05, 4.69) is 6.07 Å². The zero-order valence-corrected chi connectivity index (χ0v) is 11.3. The third-order valence-electron chi connectivity index (χ3n) is 1.96. The number of nitrogen functional groups attached to an aromatic ring is 1. The maximum absolute atomic E-state index is 5.83. The summed E-state index contributed by atoms with van der Waals surface area (Å²) in [7, 11) is 0. The van der Waals surface area contributed by atoms with E-state index in [1.807, 2.05) is 48.5 Å². The Morgan fingerprint density at radius 2 is 1.50 bits per heavy atom. The third kappa shape index (κ3) is 4.16. The Bertz CT molecular complexity index is 407. The van der Waals surface area contributed by atoms with Crippen LogP contribution in [0.25, 0.3) is 11.1 Å². The molecule has 0 heterocycles. The van der Waals surface area contributed by atoms with E-state index in [1.165, 1.54) is 0 Å². The Morgan fingerprint density at radius 3 is 2.06 bits per heavy atom. The van der Waals surface area contributed by atoms with Gasteiger partial charge in [0.2, 0.25) is 0 Å². The molecule has 0 aromatic heterocycles. The second kappa shape index (κ2) is 8.61. The minimum absolute atomic E-state index is 0. The smallest absolute Gasteiger partial charge is 1.00 e. The fraction of sp³-hybridized carbons (Fsp3) is 0. The molecule has 0 amide bonds. The van der Waals surface area contributed by atoms with Crippen molar-refractivity contribution in [2.45, 2.75) is 0 Å². The van der Waals surface area contributed by atoms with Crippen LogP contribution in [0.1, 0.15) is 0 Å². The minimum atomic E-state index is 0. The van der Waals surface area contributed by atoms with Crippen LogP contribution in [-0.2, 0) is 20.4 Å². The molecule has 0 saturated carbocycles. The zero-order valence-electron chi connectivity index (χ0n) is 8.27. The van der Waals surface area contributed by atoms with Crippen molar-refractivity contribution in [3.05, 3.63) is 54.6 Å². The molecule has 2 aromatic rings. The van der Waals surface area contributed by atoms with Crippen molar-refractivity contribution in [3.8, 4) is 11.1 Å². The fourth-order valence-electron chi connectivity index (χ4n) is 1.30. The van der Waals surface area contributed by atoms with E-state index in [-0.39, 0.29) is 45.2 Å². The summed E-state index contributed by atoms with van der Waals surface area (Å²) >= 11 is 0. The first-order chi connectivity index (χ1) is 6.38. The molecule has 88 valence electrons. The molecule has 16 heavy (non-hydrogen) atoms. The van der Waals surface area contributed by atoms with Crippen LogP contribution in [0.2, 0.25) is 0 Å². The van der Waals surface area contributed by atoms with Gasteiger partial charge in [0.25, 0.3) is 0 Å². The molecular formula is C12H10Cl2NPd-. The number of anilines is 1. The van der Waals surface area contributed by atoms with Crippen molar-refractivity contribution in [1.29, 1.82) is 0 Å². The summed E-state index contributed by atoms with van der Waals surface area (Å²) in [4.78, 5) is 0. The maximum Gasteiger partial charge on any atom is 2.00 e. The second-order valence-electron chi connectivity index (χ2n) is 2.86. The van der Waals surface area contributed by atoms with E-state index in [0.29, 0.717) is 0 Å². The molecule has 0 radical (unpaired) electrons. The number of para-hydroxylation sites is 1. The number of nitrogens with two attached hydrogens (primary N) is 1. The van der Waals surface area contributed by atoms with Gasteiger partial charge in [-0.25, -0.2) is 0 Å². The number of hydrogen-bond donors (Lipinski definition) is 1. The second-order valence-corrected chi connectivity index (χ2v) is 2.86. The van der Waals surface area contributed by atoms with Gasteiger partial charge in [0, 0.05) is 0 Å². The molecule has 0 aliphatic heterocycles. The van der Waals surface area contributed by atoms with Crippen molar-refractivity contribution >= 4 is 5.69 Å². The summed E-state index contributed by atoms with van der Waals surface area (Å²) in [5.74, 6) is 0. The van der Waals surface area contributed by atoms with Gasteiger partial charge in [-0.1, -0.05) is 23.8 Å². The molecule has 2 N–H and O–H groups in total. The van der Waals surface area contributed by atoms with E-state index in [0.717, 1.165) is 16.8 Å². The van der Waals surface area contributed by atoms with Crippen molar-refractivity contribution in [3.63, 3.8) is 0 Å². The van der Waals surface area contributed by atoms with E-state index < -0.39 is 0 Å². The Morgan fingerprint density at radius 1 is 0.875 bits per heavy atom. The standard InChI is InChI=1S/C12H10N.2ClH.Pd/c13-12-9-5-4-8-11(12)10-6-2-1-3-7-10;;;/h1-6,8-9H,13H2;2*1H;/q-1;;;+2/p-2. The van der Waals surface area contributed by atoms with Crippen LogP contribution < -0.4 is 30.5 Å². The monoisotopic (exact) mass is 344 g/mol. The Balaban J connectivity index is 0. The third-order valence-corrected chi connectivity index (χ3v) is 1.96. The molecule has 0 aliphatic rings. The first-order valence-corrected chi connectivity index (χ1v) is 4.19. The van der Waals surface area contributed by atoms with Gasteiger partial charge in [-0.3, -0.25) is 0 Å². The number of hydrogen-bond acceptors (Lipinski definition) is 1. The number of halogens is 2. The van der Waals surface area contributed by atoms with Gasteiger partial charge in [-0.15, -0.1) is 35.9 Å². The predicted octanol–water partition coefficient (Wildman–Crippen LogP) is -3.26. The minimum Gasteiger partial charge on any atom is -1.00 e. The van der Waals surface area contributed by atoms with Gasteiger partial charge < -0.3 is 30.5 Å². The summed E-state index contributed by atoms with van der Waals surface area (Å²) in [6.07, 6.45) is 0. The molecule has 0 aliphatic carbocycles. The van der Waals surface area contributed by atoms with Gasteiger partial charge >= 0.3 is 20.4 Å². The van der Waals surface area contributed by atoms with Crippen LogP contribution in [0, 0.1) is 6.07 Å². The van der Waals surface area contributed by atoms with E-state index in [1.54, 1.807) is 0 Å². The van der Waals surface area contributed by atoms with Crippen molar-refractivity contribution in [1.82, 2.24) is 0 Å². The number of benzene rings is 2. The van der Waals surface area contributed by atoms with Crippen LogP contribution in [0.15, 0.2) is 48.5 Å². The zero-order chi connectivity index (χ0) is 9.10. The van der Waals surface area contributed by atoms with Crippen LogP contribution in [0.3, 0.4) is 0 Å². The molecule has 2 rings (SSSR count). The van der Waals surface area contributed by atoms with Crippen molar-refractivity contribution in [2.75, 3.05) is 5.73 Å². The molecule has 0 atom stereocenters. The number of rotatable bonds is 1. The maximum atomic E-state index is 5.83. The van der Waals surface area contributed by atoms with E-state index in [9.17, 15) is 0 Å². The molecular weight excluding hydrogens is 335 g/mol. The Kier molecular flexibility index (Phi) is 9.62. The predicted molar refractivity (Wildman–Crippen MR) is 55.1 cm³/mol. The van der Waals surface area contributed by atoms with E-state index >= 15 is 0 Å². The van der Waals surface area contributed by atoms with Crippen molar-refractivity contribution in [2.24, 2.45) is 0 Å². The van der Waals surface area contributed by atoms with Crippen LogP contribution in [0.4, 0.5) is 5.69 Å². The molecule has 1 nitrogen and oxygen atoms in total. The van der Waals surface area contributed by atoms with Crippen LogP contribution >= 0.6 is 0 Å². The van der Waals surface area contributed by atoms with Gasteiger partial charge in [-0.05, 0) is 11.8 Å². The summed E-state index contributed by atoms with van der Waals surface area (Å²) in [6, 6.07) is 18.8. The van der Waals surface area contributed by atoms with Crippen molar-refractivity contribution < 1.29 is 45.2 Å². The summed E-state index contributed by atoms with van der Waals surface area (Å²) in [6.45, 7) is 0. The fourth-order valence-corrected chi connectivity index (χ4v) is 1.30. The molecule has 0 unspecified atom stereocenters. The van der Waals surface area contributed by atoms with Gasteiger partial charge in [0.05, 0.1) is 0 Å². The van der Waals surface area contributed by atoms with E-state index in [4.69, 9.17) is 5.73 Å². The first kappa shape index (κ1) is 17.9. The normalized spacial score (nSPS) is 8.00. The van der Waals surface area contributed by atoms with Crippen LogP contribution in [-0.4, -0.2) is 0 Å². The first-order valence-electron chi connectivity index (χ1n) is 4.19. The largest absolute Gasteiger partial charge is 2.00 e. The van der Waals surface area contributed by atoms with Gasteiger partial charge in [0.1, 0.15) is 0 Å². The van der Waals surface area contributed by atoms with Gasteiger partial charge in [-0.2, -0.15) is 0 Å². The quantitative estimate of drug-likeness (QED) is 0.328. The SMILES string of the molecule is Nc1ccccc1-c1[c-]cccc1.[Cl-].[Cl-].[Pd+2]. The molecule has 0 fully saturated rings. The van der Waals surface area contributed by atoms with Crippen LogP contribution in [0.5, 0.6) is 0 Å². The molecule has 0 spiro atoms. The molecule has 0 bridgehead atoms. The molecule has 2 aromatic carbocycles. The van der Waals surface area contributed by atoms with Gasteiger partial charge in [0.15, 0.2) is 0 Å². The average molecular weight is 346 g/mol. The molecule has 0 saturated heterocycles. The summed E-state index contributed by atoms with van der Waals surface area (Å²) in [5, 5.41) is 0. The average Bonchev–Trinajstić information content (AvgIpc) is 2.20. The Hall–Kier alpha value is -0.518. The Labute approximate surface area is 122 Å². The topological polar surface area (TPSA) is 26.0 Å². The molecule has 4 heteroatoms. The summed E-state index contributed by atoms with van der Waals surface area (Å²) in [5.41, 5.74) is 8.72.